The highest BCUT2D eigenvalue weighted by atomic mass is 35.5. The minimum absolute atomic E-state index is 0.137. The summed E-state index contributed by atoms with van der Waals surface area (Å²) in [6.07, 6.45) is 5.67. The van der Waals surface area contributed by atoms with E-state index in [1.54, 1.807) is 37.7 Å². The van der Waals surface area contributed by atoms with Gasteiger partial charge in [-0.15, -0.1) is 10.2 Å². The third-order valence-electron chi connectivity index (χ3n) is 4.28. The summed E-state index contributed by atoms with van der Waals surface area (Å²) in [4.78, 5) is 16.4. The average Bonchev–Trinajstić information content (AvgIpc) is 3.46. The second-order valence-corrected chi connectivity index (χ2v) is 7.68. The van der Waals surface area contributed by atoms with Gasteiger partial charge in [-0.05, 0) is 43.2 Å². The number of benzene rings is 1. The zero-order chi connectivity index (χ0) is 19.5. The first kappa shape index (κ1) is 18.8. The molecule has 0 aliphatic heterocycles. The first-order valence-corrected chi connectivity index (χ1v) is 10.1. The van der Waals surface area contributed by atoms with Crippen molar-refractivity contribution in [1.29, 1.82) is 0 Å². The van der Waals surface area contributed by atoms with Crippen molar-refractivity contribution in [2.24, 2.45) is 0 Å². The van der Waals surface area contributed by atoms with Crippen molar-refractivity contribution in [3.8, 4) is 17.1 Å². The number of carbonyl (C=O) groups is 1. The van der Waals surface area contributed by atoms with Gasteiger partial charge in [0.1, 0.15) is 5.75 Å². The molecule has 0 unspecified atom stereocenters. The molecule has 2 heterocycles. The summed E-state index contributed by atoms with van der Waals surface area (Å²) < 4.78 is 7.24. The third kappa shape index (κ3) is 4.13. The van der Waals surface area contributed by atoms with Crippen LogP contribution in [0.4, 0.5) is 5.69 Å². The number of rotatable bonds is 7. The monoisotopic (exact) mass is 415 g/mol. The summed E-state index contributed by atoms with van der Waals surface area (Å²) in [5, 5.41) is 12.7. The predicted octanol–water partition coefficient (Wildman–Crippen LogP) is 4.07. The Morgan fingerprint density at radius 3 is 2.75 bits per heavy atom. The first-order valence-electron chi connectivity index (χ1n) is 8.77. The van der Waals surface area contributed by atoms with Crippen LogP contribution in [0.5, 0.6) is 5.75 Å². The van der Waals surface area contributed by atoms with E-state index in [1.807, 2.05) is 12.1 Å². The maximum absolute atomic E-state index is 12.4. The van der Waals surface area contributed by atoms with Gasteiger partial charge in [-0.3, -0.25) is 14.3 Å². The van der Waals surface area contributed by atoms with E-state index < -0.39 is 0 Å². The normalized spacial score (nSPS) is 13.4. The summed E-state index contributed by atoms with van der Waals surface area (Å²) in [5.74, 6) is 1.47. The number of pyridine rings is 1. The summed E-state index contributed by atoms with van der Waals surface area (Å²) in [5.41, 5.74) is 1.59. The second kappa shape index (κ2) is 8.20. The third-order valence-corrected chi connectivity index (χ3v) is 5.52. The molecule has 1 aliphatic rings. The molecule has 1 amide bonds. The molecular weight excluding hydrogens is 398 g/mol. The van der Waals surface area contributed by atoms with Gasteiger partial charge in [0, 0.05) is 29.7 Å². The molecule has 0 bridgehead atoms. The predicted molar refractivity (Wildman–Crippen MR) is 109 cm³/mol. The highest BCUT2D eigenvalue weighted by Gasteiger charge is 2.30. The molecule has 0 spiro atoms. The van der Waals surface area contributed by atoms with Gasteiger partial charge in [-0.2, -0.15) is 0 Å². The molecule has 3 aromatic rings. The molecule has 1 aromatic carbocycles. The van der Waals surface area contributed by atoms with E-state index in [2.05, 4.69) is 25.1 Å². The van der Waals surface area contributed by atoms with Gasteiger partial charge < -0.3 is 10.1 Å². The smallest absolute Gasteiger partial charge is 0.234 e. The van der Waals surface area contributed by atoms with Crippen LogP contribution in [0.3, 0.4) is 0 Å². The number of carbonyl (C=O) groups excluding carboxylic acids is 1. The molecule has 2 aromatic heterocycles. The SMILES string of the molecule is COc1ccc(NC(=O)CSc2nnc(-c3ccncc3)n2C2CC2)cc1Cl. The number of nitrogens with one attached hydrogen (secondary N) is 1. The van der Waals surface area contributed by atoms with Gasteiger partial charge in [-0.1, -0.05) is 23.4 Å². The highest BCUT2D eigenvalue weighted by Crippen LogP contribution is 2.41. The number of aromatic nitrogens is 4. The number of anilines is 1. The Morgan fingerprint density at radius 1 is 1.29 bits per heavy atom. The topological polar surface area (TPSA) is 81.9 Å². The molecule has 1 N–H and O–H groups in total. The molecule has 144 valence electrons. The Morgan fingerprint density at radius 2 is 2.07 bits per heavy atom. The number of hydrogen-bond acceptors (Lipinski definition) is 6. The lowest BCUT2D eigenvalue weighted by atomic mass is 10.2. The van der Waals surface area contributed by atoms with Crippen LogP contribution in [0.15, 0.2) is 47.9 Å². The quantitative estimate of drug-likeness (QED) is 0.586. The minimum Gasteiger partial charge on any atom is -0.495 e. The van der Waals surface area contributed by atoms with Gasteiger partial charge in [0.15, 0.2) is 11.0 Å². The van der Waals surface area contributed by atoms with E-state index in [0.717, 1.165) is 29.4 Å². The van der Waals surface area contributed by atoms with Crippen LogP contribution in [-0.2, 0) is 4.79 Å². The van der Waals surface area contributed by atoms with E-state index in [9.17, 15) is 4.79 Å². The van der Waals surface area contributed by atoms with E-state index in [-0.39, 0.29) is 11.7 Å². The fraction of sp³-hybridized carbons (Fsp3) is 0.263. The van der Waals surface area contributed by atoms with Crippen molar-refractivity contribution < 1.29 is 9.53 Å². The van der Waals surface area contributed by atoms with Crippen LogP contribution in [-0.4, -0.2) is 38.5 Å². The molecule has 1 saturated carbocycles. The lowest BCUT2D eigenvalue weighted by Crippen LogP contribution is -2.14. The van der Waals surface area contributed by atoms with Crippen LogP contribution in [0.2, 0.25) is 5.02 Å². The van der Waals surface area contributed by atoms with Crippen molar-refractivity contribution in [3.05, 3.63) is 47.7 Å². The maximum Gasteiger partial charge on any atom is 0.234 e. The van der Waals surface area contributed by atoms with E-state index >= 15 is 0 Å². The van der Waals surface area contributed by atoms with Crippen LogP contribution < -0.4 is 10.1 Å². The van der Waals surface area contributed by atoms with Gasteiger partial charge in [-0.25, -0.2) is 0 Å². The number of nitrogens with zero attached hydrogens (tertiary/aromatic N) is 4. The number of ether oxygens (including phenoxy) is 1. The van der Waals surface area contributed by atoms with Crippen molar-refractivity contribution >= 4 is 35.0 Å². The molecule has 1 fully saturated rings. The molecule has 0 atom stereocenters. The lowest BCUT2D eigenvalue weighted by Gasteiger charge is -2.10. The fourth-order valence-corrected chi connectivity index (χ4v) is 3.87. The largest absolute Gasteiger partial charge is 0.495 e. The number of amides is 1. The highest BCUT2D eigenvalue weighted by molar-refractivity contribution is 7.99. The van der Waals surface area contributed by atoms with E-state index in [0.29, 0.717) is 22.5 Å². The Kier molecular flexibility index (Phi) is 5.50. The number of methoxy groups -OCH3 is 1. The summed E-state index contributed by atoms with van der Waals surface area (Å²) >= 11 is 7.48. The summed E-state index contributed by atoms with van der Waals surface area (Å²) in [6.45, 7) is 0. The van der Waals surface area contributed by atoms with Gasteiger partial charge in [0.05, 0.1) is 17.9 Å². The number of thioether (sulfide) groups is 1. The fourth-order valence-electron chi connectivity index (χ4n) is 2.81. The number of halogens is 1. The summed E-state index contributed by atoms with van der Waals surface area (Å²) in [7, 11) is 1.55. The maximum atomic E-state index is 12.4. The molecule has 4 rings (SSSR count). The van der Waals surface area contributed by atoms with Gasteiger partial charge in [0.25, 0.3) is 0 Å². The van der Waals surface area contributed by atoms with Crippen LogP contribution in [0.25, 0.3) is 11.4 Å². The van der Waals surface area contributed by atoms with E-state index in [1.165, 1.54) is 11.8 Å². The Balaban J connectivity index is 1.44. The molecule has 1 aliphatic carbocycles. The average molecular weight is 416 g/mol. The van der Waals surface area contributed by atoms with Crippen molar-refractivity contribution in [1.82, 2.24) is 19.7 Å². The number of hydrogen-bond donors (Lipinski definition) is 1. The summed E-state index contributed by atoms with van der Waals surface area (Å²) in [6, 6.07) is 9.35. The molecule has 7 nitrogen and oxygen atoms in total. The second-order valence-electron chi connectivity index (χ2n) is 6.33. The molecule has 0 saturated heterocycles. The molecule has 28 heavy (non-hydrogen) atoms. The first-order chi connectivity index (χ1) is 13.7. The Bertz CT molecular complexity index is 991. The van der Waals surface area contributed by atoms with Gasteiger partial charge in [0.2, 0.25) is 5.91 Å². The standard InChI is InChI=1S/C19H18ClN5O2S/c1-27-16-5-2-13(10-15(16)20)22-17(26)11-28-19-24-23-18(25(19)14-3-4-14)12-6-8-21-9-7-12/h2,5-10,14H,3-4,11H2,1H3,(H,22,26). The van der Waals surface area contributed by atoms with Crippen LogP contribution in [0.1, 0.15) is 18.9 Å². The van der Waals surface area contributed by atoms with Crippen molar-refractivity contribution in [2.45, 2.75) is 24.0 Å². The van der Waals surface area contributed by atoms with Crippen LogP contribution in [0, 0.1) is 0 Å². The van der Waals surface area contributed by atoms with Crippen LogP contribution >= 0.6 is 23.4 Å². The Hall–Kier alpha value is -2.58. The zero-order valence-corrected chi connectivity index (χ0v) is 16.7. The zero-order valence-electron chi connectivity index (χ0n) is 15.1. The van der Waals surface area contributed by atoms with Gasteiger partial charge >= 0.3 is 0 Å². The minimum atomic E-state index is -0.137. The molecule has 0 radical (unpaired) electrons. The molecule has 9 heteroatoms. The lowest BCUT2D eigenvalue weighted by molar-refractivity contribution is -0.113. The van der Waals surface area contributed by atoms with Crippen molar-refractivity contribution in [2.75, 3.05) is 18.2 Å². The van der Waals surface area contributed by atoms with E-state index in [4.69, 9.17) is 16.3 Å². The van der Waals surface area contributed by atoms with Crippen molar-refractivity contribution in [3.63, 3.8) is 0 Å². The Labute approximate surface area is 171 Å². The molecular formula is C19H18ClN5O2S.